The summed E-state index contributed by atoms with van der Waals surface area (Å²) in [5.41, 5.74) is 1.35. The number of carbonyl (C=O) groups excluding carboxylic acids is 1. The number of aromatic nitrogens is 1. The van der Waals surface area contributed by atoms with E-state index in [2.05, 4.69) is 10.3 Å². The van der Waals surface area contributed by atoms with Crippen molar-refractivity contribution in [2.24, 2.45) is 0 Å². The second-order valence-corrected chi connectivity index (χ2v) is 6.12. The topological polar surface area (TPSA) is 55.1 Å². The molecule has 4 nitrogen and oxygen atoms in total. The number of nitrogens with one attached hydrogen (secondary N) is 1. The second kappa shape index (κ2) is 6.34. The largest absolute Gasteiger partial charge is 0.440 e. The molecule has 0 saturated carbocycles. The van der Waals surface area contributed by atoms with Crippen LogP contribution in [0, 0.1) is 6.92 Å². The van der Waals surface area contributed by atoms with Crippen LogP contribution in [0.1, 0.15) is 11.5 Å². The third-order valence-corrected chi connectivity index (χ3v) is 4.19. The summed E-state index contributed by atoms with van der Waals surface area (Å²) in [5.74, 6) is 1.08. The van der Waals surface area contributed by atoms with Gasteiger partial charge in [-0.3, -0.25) is 4.79 Å². The highest BCUT2D eigenvalue weighted by Gasteiger charge is 2.15. The van der Waals surface area contributed by atoms with E-state index in [1.165, 1.54) is 0 Å². The van der Waals surface area contributed by atoms with E-state index in [0.717, 1.165) is 4.88 Å². The standard InChI is InChI=1S/C16H13ClN2O2S/c1-10-13(19-16(21-10)14-3-2-8-22-14)9-15(20)18-12-6-4-11(17)5-7-12/h2-8H,9H2,1H3,(H,18,20). The summed E-state index contributed by atoms with van der Waals surface area (Å²) in [6.07, 6.45) is 0.170. The lowest BCUT2D eigenvalue weighted by Gasteiger charge is -2.04. The number of aryl methyl sites for hydroxylation is 1. The van der Waals surface area contributed by atoms with Crippen LogP contribution >= 0.6 is 22.9 Å². The molecule has 0 fully saturated rings. The first-order valence-electron chi connectivity index (χ1n) is 6.67. The van der Waals surface area contributed by atoms with E-state index < -0.39 is 0 Å². The Bertz CT molecular complexity index is 779. The van der Waals surface area contributed by atoms with Gasteiger partial charge in [-0.05, 0) is 42.6 Å². The van der Waals surface area contributed by atoms with Crippen LogP contribution in [-0.2, 0) is 11.2 Å². The van der Waals surface area contributed by atoms with Gasteiger partial charge in [0.1, 0.15) is 5.76 Å². The van der Waals surface area contributed by atoms with Gasteiger partial charge in [-0.2, -0.15) is 0 Å². The van der Waals surface area contributed by atoms with E-state index in [4.69, 9.17) is 16.0 Å². The summed E-state index contributed by atoms with van der Waals surface area (Å²) in [5, 5.41) is 5.40. The molecule has 0 aliphatic heterocycles. The maximum absolute atomic E-state index is 12.1. The number of rotatable bonds is 4. The summed E-state index contributed by atoms with van der Waals surface area (Å²) in [6.45, 7) is 1.81. The van der Waals surface area contributed by atoms with Crippen molar-refractivity contribution < 1.29 is 9.21 Å². The van der Waals surface area contributed by atoms with Crippen LogP contribution in [0.2, 0.25) is 5.02 Å². The summed E-state index contributed by atoms with van der Waals surface area (Å²) in [6, 6.07) is 10.8. The van der Waals surface area contributed by atoms with Crippen molar-refractivity contribution >= 4 is 34.5 Å². The van der Waals surface area contributed by atoms with Gasteiger partial charge < -0.3 is 9.73 Å². The van der Waals surface area contributed by atoms with Gasteiger partial charge in [-0.1, -0.05) is 17.7 Å². The minimum atomic E-state index is -0.142. The predicted molar refractivity (Wildman–Crippen MR) is 88.3 cm³/mol. The number of nitrogens with zero attached hydrogens (tertiary/aromatic N) is 1. The van der Waals surface area contributed by atoms with Crippen molar-refractivity contribution in [3.8, 4) is 10.8 Å². The van der Waals surface area contributed by atoms with Gasteiger partial charge in [0.2, 0.25) is 11.8 Å². The molecule has 0 saturated heterocycles. The molecule has 0 aliphatic carbocycles. The molecule has 112 valence electrons. The van der Waals surface area contributed by atoms with E-state index >= 15 is 0 Å². The average Bonchev–Trinajstić information content (AvgIpc) is 3.12. The van der Waals surface area contributed by atoms with Crippen LogP contribution < -0.4 is 5.32 Å². The Morgan fingerprint density at radius 1 is 1.32 bits per heavy atom. The number of thiophene rings is 1. The number of anilines is 1. The Labute approximate surface area is 136 Å². The highest BCUT2D eigenvalue weighted by molar-refractivity contribution is 7.13. The molecule has 2 aromatic heterocycles. The average molecular weight is 333 g/mol. The fraction of sp³-hybridized carbons (Fsp3) is 0.125. The lowest BCUT2D eigenvalue weighted by atomic mass is 10.2. The molecular weight excluding hydrogens is 320 g/mol. The van der Waals surface area contributed by atoms with Gasteiger partial charge in [0.25, 0.3) is 0 Å². The van der Waals surface area contributed by atoms with Gasteiger partial charge in [-0.25, -0.2) is 4.98 Å². The summed E-state index contributed by atoms with van der Waals surface area (Å²) >= 11 is 7.37. The Morgan fingerprint density at radius 3 is 2.77 bits per heavy atom. The molecule has 0 bridgehead atoms. The number of halogens is 1. The number of carbonyl (C=O) groups is 1. The molecule has 3 rings (SSSR count). The van der Waals surface area contributed by atoms with Crippen LogP contribution in [0.5, 0.6) is 0 Å². The quantitative estimate of drug-likeness (QED) is 0.762. The zero-order valence-electron chi connectivity index (χ0n) is 11.8. The zero-order chi connectivity index (χ0) is 15.5. The molecule has 6 heteroatoms. The van der Waals surface area contributed by atoms with E-state index in [1.54, 1.807) is 35.6 Å². The molecule has 1 aromatic carbocycles. The van der Waals surface area contributed by atoms with Crippen molar-refractivity contribution in [3.63, 3.8) is 0 Å². The molecule has 1 amide bonds. The molecule has 2 heterocycles. The molecular formula is C16H13ClN2O2S. The first kappa shape index (κ1) is 14.8. The third-order valence-electron chi connectivity index (χ3n) is 3.08. The summed E-state index contributed by atoms with van der Waals surface area (Å²) in [4.78, 5) is 17.5. The van der Waals surface area contributed by atoms with Gasteiger partial charge in [0.15, 0.2) is 0 Å². The van der Waals surface area contributed by atoms with Crippen molar-refractivity contribution in [3.05, 3.63) is 58.3 Å². The second-order valence-electron chi connectivity index (χ2n) is 4.73. The summed E-state index contributed by atoms with van der Waals surface area (Å²) in [7, 11) is 0. The molecule has 3 aromatic rings. The zero-order valence-corrected chi connectivity index (χ0v) is 13.4. The van der Waals surface area contributed by atoms with Crippen molar-refractivity contribution in [1.82, 2.24) is 4.98 Å². The van der Waals surface area contributed by atoms with Crippen LogP contribution in [-0.4, -0.2) is 10.9 Å². The van der Waals surface area contributed by atoms with E-state index in [1.807, 2.05) is 24.4 Å². The van der Waals surface area contributed by atoms with E-state index in [0.29, 0.717) is 28.1 Å². The maximum atomic E-state index is 12.1. The number of hydrogen-bond donors (Lipinski definition) is 1. The number of amides is 1. The molecule has 22 heavy (non-hydrogen) atoms. The van der Waals surface area contributed by atoms with Crippen molar-refractivity contribution in [1.29, 1.82) is 0 Å². The van der Waals surface area contributed by atoms with Gasteiger partial charge in [0.05, 0.1) is 17.0 Å². The van der Waals surface area contributed by atoms with E-state index in [9.17, 15) is 4.79 Å². The Hall–Kier alpha value is -2.11. The van der Waals surface area contributed by atoms with E-state index in [-0.39, 0.29) is 12.3 Å². The fourth-order valence-corrected chi connectivity index (χ4v) is 2.76. The van der Waals surface area contributed by atoms with Crippen LogP contribution in [0.25, 0.3) is 10.8 Å². The van der Waals surface area contributed by atoms with Gasteiger partial charge >= 0.3 is 0 Å². The predicted octanol–water partition coefficient (Wildman–Crippen LogP) is 4.55. The minimum absolute atomic E-state index is 0.142. The number of oxazole rings is 1. The van der Waals surface area contributed by atoms with Gasteiger partial charge in [-0.15, -0.1) is 11.3 Å². The van der Waals surface area contributed by atoms with Crippen molar-refractivity contribution in [2.45, 2.75) is 13.3 Å². The lowest BCUT2D eigenvalue weighted by Crippen LogP contribution is -2.15. The highest BCUT2D eigenvalue weighted by Crippen LogP contribution is 2.26. The molecule has 0 atom stereocenters. The SMILES string of the molecule is Cc1oc(-c2cccs2)nc1CC(=O)Nc1ccc(Cl)cc1. The smallest absolute Gasteiger partial charge is 0.236 e. The molecule has 0 aliphatic rings. The van der Waals surface area contributed by atoms with Crippen LogP contribution in [0.15, 0.2) is 46.2 Å². The molecule has 0 radical (unpaired) electrons. The Balaban J connectivity index is 1.70. The lowest BCUT2D eigenvalue weighted by molar-refractivity contribution is -0.115. The fourth-order valence-electron chi connectivity index (χ4n) is 1.99. The summed E-state index contributed by atoms with van der Waals surface area (Å²) < 4.78 is 5.63. The number of benzene rings is 1. The number of hydrogen-bond acceptors (Lipinski definition) is 4. The normalized spacial score (nSPS) is 10.6. The Kier molecular flexibility index (Phi) is 4.27. The molecule has 0 unspecified atom stereocenters. The van der Waals surface area contributed by atoms with Crippen LogP contribution in [0.4, 0.5) is 5.69 Å². The van der Waals surface area contributed by atoms with Gasteiger partial charge in [0, 0.05) is 10.7 Å². The van der Waals surface area contributed by atoms with Crippen LogP contribution in [0.3, 0.4) is 0 Å². The first-order chi connectivity index (χ1) is 10.6. The monoisotopic (exact) mass is 332 g/mol. The highest BCUT2D eigenvalue weighted by atomic mass is 35.5. The maximum Gasteiger partial charge on any atom is 0.236 e. The third kappa shape index (κ3) is 3.37. The van der Waals surface area contributed by atoms with Crippen molar-refractivity contribution in [2.75, 3.05) is 5.32 Å². The molecule has 1 N–H and O–H groups in total. The molecule has 0 spiro atoms. The Morgan fingerprint density at radius 2 is 2.09 bits per heavy atom. The minimum Gasteiger partial charge on any atom is -0.440 e. The first-order valence-corrected chi connectivity index (χ1v) is 7.93.